The lowest BCUT2D eigenvalue weighted by molar-refractivity contribution is -0.124. The smallest absolute Gasteiger partial charge is 0.268 e. The molecular weight excluding hydrogens is 350 g/mol. The van der Waals surface area contributed by atoms with Crippen molar-refractivity contribution < 1.29 is 9.53 Å². The number of rotatable bonds is 6. The van der Waals surface area contributed by atoms with Crippen LogP contribution in [0.5, 0.6) is 5.75 Å². The van der Waals surface area contributed by atoms with E-state index >= 15 is 0 Å². The largest absolute Gasteiger partial charge is 0.481 e. The molecule has 0 N–H and O–H groups in total. The minimum absolute atomic E-state index is 0.110. The Bertz CT molecular complexity index is 1060. The molecule has 1 atom stereocenters. The van der Waals surface area contributed by atoms with Gasteiger partial charge in [0.2, 0.25) is 0 Å². The molecule has 0 saturated heterocycles. The summed E-state index contributed by atoms with van der Waals surface area (Å²) in [6.45, 7) is 2.18. The van der Waals surface area contributed by atoms with Crippen LogP contribution in [0, 0.1) is 0 Å². The molecule has 0 aliphatic heterocycles. The molecule has 2 aromatic heterocycles. The molecule has 1 amide bonds. The molecule has 0 radical (unpaired) electrons. The molecule has 0 aliphatic carbocycles. The lowest BCUT2D eigenvalue weighted by atomic mass is 10.2. The number of carbonyl (C=O) groups is 1. The lowest BCUT2D eigenvalue weighted by Crippen LogP contribution is -2.40. The van der Waals surface area contributed by atoms with Gasteiger partial charge in [0.15, 0.2) is 6.10 Å². The van der Waals surface area contributed by atoms with Crippen LogP contribution >= 0.6 is 0 Å². The molecule has 0 fully saturated rings. The summed E-state index contributed by atoms with van der Waals surface area (Å²) in [5.74, 6) is 0.562. The van der Waals surface area contributed by atoms with Crippen molar-refractivity contribution in [3.8, 4) is 5.75 Å². The number of para-hydroxylation sites is 2. The zero-order valence-corrected chi connectivity index (χ0v) is 15.6. The summed E-state index contributed by atoms with van der Waals surface area (Å²) in [7, 11) is 0. The van der Waals surface area contributed by atoms with Crippen molar-refractivity contribution >= 4 is 17.2 Å². The number of fused-ring (bicyclic) bond motifs is 1. The standard InChI is InChI=1S/C23H21N3O2/c1-18(28-21-12-6-3-7-13-21)23(27)26(19-10-4-2-5-11-19)17-20-16-24-22-14-8-9-15-25(20)22/h2-16,18H,17H2,1H3/t18-/m0/s1. The van der Waals surface area contributed by atoms with Crippen molar-refractivity contribution in [1.29, 1.82) is 0 Å². The van der Waals surface area contributed by atoms with E-state index in [0.29, 0.717) is 12.3 Å². The van der Waals surface area contributed by atoms with Gasteiger partial charge in [-0.2, -0.15) is 0 Å². The molecule has 5 nitrogen and oxygen atoms in total. The fraction of sp³-hybridized carbons (Fsp3) is 0.130. The molecular formula is C23H21N3O2. The number of nitrogens with zero attached hydrogens (tertiary/aromatic N) is 3. The summed E-state index contributed by atoms with van der Waals surface area (Å²) in [4.78, 5) is 19.5. The van der Waals surface area contributed by atoms with Gasteiger partial charge in [0.1, 0.15) is 11.4 Å². The van der Waals surface area contributed by atoms with Gasteiger partial charge < -0.3 is 14.0 Å². The molecule has 0 bridgehead atoms. The first kappa shape index (κ1) is 17.8. The van der Waals surface area contributed by atoms with Crippen molar-refractivity contribution in [3.63, 3.8) is 0 Å². The van der Waals surface area contributed by atoms with E-state index in [2.05, 4.69) is 4.98 Å². The Labute approximate surface area is 163 Å². The van der Waals surface area contributed by atoms with Crippen LogP contribution in [0.15, 0.2) is 91.3 Å². The summed E-state index contributed by atoms with van der Waals surface area (Å²) >= 11 is 0. The molecule has 0 spiro atoms. The van der Waals surface area contributed by atoms with Crippen molar-refractivity contribution in [3.05, 3.63) is 97.0 Å². The molecule has 2 aromatic carbocycles. The van der Waals surface area contributed by atoms with E-state index in [1.54, 1.807) is 18.0 Å². The third-order valence-corrected chi connectivity index (χ3v) is 4.55. The van der Waals surface area contributed by atoms with Crippen LogP contribution < -0.4 is 9.64 Å². The van der Waals surface area contributed by atoms with Crippen LogP contribution in [0.4, 0.5) is 5.69 Å². The van der Waals surface area contributed by atoms with Gasteiger partial charge in [-0.3, -0.25) is 4.79 Å². The highest BCUT2D eigenvalue weighted by molar-refractivity contribution is 5.96. The van der Waals surface area contributed by atoms with Gasteiger partial charge >= 0.3 is 0 Å². The second-order valence-electron chi connectivity index (χ2n) is 6.51. The third kappa shape index (κ3) is 3.74. The highest BCUT2D eigenvalue weighted by Gasteiger charge is 2.24. The van der Waals surface area contributed by atoms with Gasteiger partial charge in [-0.05, 0) is 43.3 Å². The second-order valence-corrected chi connectivity index (χ2v) is 6.51. The first-order valence-corrected chi connectivity index (χ1v) is 9.21. The normalized spacial score (nSPS) is 11.9. The summed E-state index contributed by atoms with van der Waals surface area (Å²) in [6.07, 6.45) is 3.14. The second kappa shape index (κ2) is 7.96. The topological polar surface area (TPSA) is 46.8 Å². The molecule has 5 heteroatoms. The number of anilines is 1. The van der Waals surface area contributed by atoms with E-state index in [4.69, 9.17) is 4.74 Å². The summed E-state index contributed by atoms with van der Waals surface area (Å²) in [5, 5.41) is 0. The maximum Gasteiger partial charge on any atom is 0.268 e. The van der Waals surface area contributed by atoms with E-state index in [1.165, 1.54) is 0 Å². The quantitative estimate of drug-likeness (QED) is 0.507. The minimum atomic E-state index is -0.623. The summed E-state index contributed by atoms with van der Waals surface area (Å²) in [5.41, 5.74) is 2.60. The Kier molecular flexibility index (Phi) is 5.06. The van der Waals surface area contributed by atoms with Crippen LogP contribution in [0.1, 0.15) is 12.6 Å². The third-order valence-electron chi connectivity index (χ3n) is 4.55. The number of aromatic nitrogens is 2. The van der Waals surface area contributed by atoms with Crippen LogP contribution in [0.3, 0.4) is 0 Å². The van der Waals surface area contributed by atoms with Gasteiger partial charge in [-0.1, -0.05) is 42.5 Å². The fourth-order valence-electron chi connectivity index (χ4n) is 3.14. The van der Waals surface area contributed by atoms with E-state index in [9.17, 15) is 4.79 Å². The molecule has 2 heterocycles. The average Bonchev–Trinajstić information content (AvgIpc) is 3.16. The Hall–Kier alpha value is -3.60. The summed E-state index contributed by atoms with van der Waals surface area (Å²) in [6, 6.07) is 24.9. The van der Waals surface area contributed by atoms with E-state index in [1.807, 2.05) is 89.5 Å². The zero-order chi connectivity index (χ0) is 19.3. The maximum atomic E-state index is 13.3. The first-order valence-electron chi connectivity index (χ1n) is 9.21. The van der Waals surface area contributed by atoms with Crippen LogP contribution in [0.2, 0.25) is 0 Å². The van der Waals surface area contributed by atoms with Crippen LogP contribution in [-0.4, -0.2) is 21.4 Å². The first-order chi connectivity index (χ1) is 13.7. The van der Waals surface area contributed by atoms with Crippen molar-refractivity contribution in [1.82, 2.24) is 9.38 Å². The van der Waals surface area contributed by atoms with Gasteiger partial charge in [-0.15, -0.1) is 0 Å². The van der Waals surface area contributed by atoms with Crippen LogP contribution in [0.25, 0.3) is 5.65 Å². The van der Waals surface area contributed by atoms with Crippen molar-refractivity contribution in [2.24, 2.45) is 0 Å². The highest BCUT2D eigenvalue weighted by atomic mass is 16.5. The fourth-order valence-corrected chi connectivity index (χ4v) is 3.14. The summed E-state index contributed by atoms with van der Waals surface area (Å²) < 4.78 is 7.86. The van der Waals surface area contributed by atoms with Gasteiger partial charge in [0.25, 0.3) is 5.91 Å². The van der Waals surface area contributed by atoms with Crippen molar-refractivity contribution in [2.45, 2.75) is 19.6 Å². The molecule has 140 valence electrons. The average molecular weight is 371 g/mol. The number of pyridine rings is 1. The zero-order valence-electron chi connectivity index (χ0n) is 15.6. The predicted molar refractivity (Wildman–Crippen MR) is 109 cm³/mol. The number of benzene rings is 2. The number of hydrogen-bond donors (Lipinski definition) is 0. The highest BCUT2D eigenvalue weighted by Crippen LogP contribution is 2.21. The van der Waals surface area contributed by atoms with Gasteiger partial charge in [-0.25, -0.2) is 4.98 Å². The predicted octanol–water partition coefficient (Wildman–Crippen LogP) is 4.34. The van der Waals surface area contributed by atoms with Gasteiger partial charge in [0.05, 0.1) is 18.4 Å². The molecule has 0 unspecified atom stereocenters. The van der Waals surface area contributed by atoms with E-state index < -0.39 is 6.10 Å². The SMILES string of the molecule is C[C@H](Oc1ccccc1)C(=O)N(Cc1cnc2ccccn12)c1ccccc1. The number of amides is 1. The maximum absolute atomic E-state index is 13.3. The molecule has 4 aromatic rings. The Morgan fingerprint density at radius 2 is 1.68 bits per heavy atom. The Morgan fingerprint density at radius 3 is 2.43 bits per heavy atom. The lowest BCUT2D eigenvalue weighted by Gasteiger charge is -2.26. The Balaban J connectivity index is 1.63. The van der Waals surface area contributed by atoms with Crippen molar-refractivity contribution in [2.75, 3.05) is 4.90 Å². The van der Waals surface area contributed by atoms with E-state index in [0.717, 1.165) is 17.0 Å². The van der Waals surface area contributed by atoms with Crippen LogP contribution in [-0.2, 0) is 11.3 Å². The molecule has 0 saturated carbocycles. The molecule has 0 aliphatic rings. The van der Waals surface area contributed by atoms with Gasteiger partial charge in [0, 0.05) is 11.9 Å². The monoisotopic (exact) mass is 371 g/mol. The Morgan fingerprint density at radius 1 is 1.00 bits per heavy atom. The number of ether oxygens (including phenoxy) is 1. The number of hydrogen-bond acceptors (Lipinski definition) is 3. The van der Waals surface area contributed by atoms with E-state index in [-0.39, 0.29) is 5.91 Å². The number of imidazole rings is 1. The molecule has 4 rings (SSSR count). The number of carbonyl (C=O) groups excluding carboxylic acids is 1. The minimum Gasteiger partial charge on any atom is -0.481 e. The molecule has 28 heavy (non-hydrogen) atoms.